The van der Waals surface area contributed by atoms with Gasteiger partial charge in [0.1, 0.15) is 34.8 Å². The van der Waals surface area contributed by atoms with E-state index in [1.54, 1.807) is 13.0 Å². The average molecular weight is 282 g/mol. The number of hydrogen-bond donors (Lipinski definition) is 1. The fraction of sp³-hybridized carbons (Fsp3) is 0.118. The minimum atomic E-state index is -0.263. The summed E-state index contributed by atoms with van der Waals surface area (Å²) in [5.41, 5.74) is 1.08. The van der Waals surface area contributed by atoms with Crippen LogP contribution in [0.25, 0.3) is 11.0 Å². The van der Waals surface area contributed by atoms with Crippen LogP contribution >= 0.6 is 0 Å². The van der Waals surface area contributed by atoms with Crippen molar-refractivity contribution < 1.29 is 14.3 Å². The van der Waals surface area contributed by atoms with Gasteiger partial charge in [-0.3, -0.25) is 4.79 Å². The smallest absolute Gasteiger partial charge is 0.196 e. The van der Waals surface area contributed by atoms with E-state index in [0.717, 1.165) is 5.56 Å². The van der Waals surface area contributed by atoms with Gasteiger partial charge < -0.3 is 14.3 Å². The summed E-state index contributed by atoms with van der Waals surface area (Å²) in [6.45, 7) is 2.07. The van der Waals surface area contributed by atoms with Crippen LogP contribution in [0, 0.1) is 6.92 Å². The van der Waals surface area contributed by atoms with Crippen LogP contribution in [0.15, 0.2) is 57.7 Å². The predicted octanol–water partition coefficient (Wildman–Crippen LogP) is 3.39. The SMILES string of the molecule is Cc1cc(=O)c2c(O)cc(OCc3ccccc3)cc2o1. The molecule has 21 heavy (non-hydrogen) atoms. The highest BCUT2D eigenvalue weighted by Gasteiger charge is 2.10. The van der Waals surface area contributed by atoms with E-state index in [9.17, 15) is 9.90 Å². The highest BCUT2D eigenvalue weighted by atomic mass is 16.5. The van der Waals surface area contributed by atoms with Gasteiger partial charge in [-0.25, -0.2) is 0 Å². The van der Waals surface area contributed by atoms with Crippen LogP contribution in [-0.4, -0.2) is 5.11 Å². The molecule has 0 saturated heterocycles. The molecule has 0 atom stereocenters. The molecule has 4 nitrogen and oxygen atoms in total. The van der Waals surface area contributed by atoms with Gasteiger partial charge in [0.05, 0.1) is 0 Å². The number of ether oxygens (including phenoxy) is 1. The zero-order valence-corrected chi connectivity index (χ0v) is 11.5. The maximum atomic E-state index is 11.9. The summed E-state index contributed by atoms with van der Waals surface area (Å²) in [6.07, 6.45) is 0. The first-order valence-electron chi connectivity index (χ1n) is 6.58. The molecular weight excluding hydrogens is 268 g/mol. The van der Waals surface area contributed by atoms with Crippen molar-refractivity contribution >= 4 is 11.0 Å². The van der Waals surface area contributed by atoms with Crippen LogP contribution in [0.1, 0.15) is 11.3 Å². The van der Waals surface area contributed by atoms with Gasteiger partial charge in [0.15, 0.2) is 5.43 Å². The van der Waals surface area contributed by atoms with E-state index in [1.807, 2.05) is 30.3 Å². The lowest BCUT2D eigenvalue weighted by atomic mass is 10.2. The molecule has 0 bridgehead atoms. The Morgan fingerprint density at radius 1 is 1.14 bits per heavy atom. The molecule has 0 aliphatic heterocycles. The first-order valence-corrected chi connectivity index (χ1v) is 6.58. The molecule has 0 saturated carbocycles. The van der Waals surface area contributed by atoms with E-state index in [-0.39, 0.29) is 16.6 Å². The molecule has 1 aromatic heterocycles. The molecule has 0 fully saturated rings. The van der Waals surface area contributed by atoms with Crippen molar-refractivity contribution in [1.82, 2.24) is 0 Å². The second-order valence-electron chi connectivity index (χ2n) is 4.81. The van der Waals surface area contributed by atoms with Crippen LogP contribution in [0.2, 0.25) is 0 Å². The van der Waals surface area contributed by atoms with Crippen molar-refractivity contribution in [3.8, 4) is 11.5 Å². The topological polar surface area (TPSA) is 59.7 Å². The van der Waals surface area contributed by atoms with Gasteiger partial charge in [0, 0.05) is 18.2 Å². The summed E-state index contributed by atoms with van der Waals surface area (Å²) in [7, 11) is 0. The van der Waals surface area contributed by atoms with Gasteiger partial charge in [-0.05, 0) is 12.5 Å². The van der Waals surface area contributed by atoms with Crippen LogP contribution in [0.3, 0.4) is 0 Å². The Bertz CT molecular complexity index is 835. The fourth-order valence-corrected chi connectivity index (χ4v) is 2.19. The Morgan fingerprint density at radius 2 is 1.90 bits per heavy atom. The predicted molar refractivity (Wildman–Crippen MR) is 79.7 cm³/mol. The zero-order chi connectivity index (χ0) is 14.8. The molecule has 3 aromatic rings. The first-order chi connectivity index (χ1) is 10.1. The molecule has 0 aliphatic rings. The van der Waals surface area contributed by atoms with Gasteiger partial charge in [-0.2, -0.15) is 0 Å². The Balaban J connectivity index is 1.95. The lowest BCUT2D eigenvalue weighted by Gasteiger charge is -2.08. The van der Waals surface area contributed by atoms with Gasteiger partial charge >= 0.3 is 0 Å². The van der Waals surface area contributed by atoms with E-state index < -0.39 is 0 Å². The monoisotopic (exact) mass is 282 g/mol. The molecule has 0 amide bonds. The van der Waals surface area contributed by atoms with Crippen molar-refractivity contribution in [2.45, 2.75) is 13.5 Å². The second kappa shape index (κ2) is 5.32. The number of phenolic OH excluding ortho intramolecular Hbond substituents is 1. The van der Waals surface area contributed by atoms with Gasteiger partial charge in [-0.1, -0.05) is 30.3 Å². The lowest BCUT2D eigenvalue weighted by Crippen LogP contribution is -2.01. The Labute approximate surface area is 121 Å². The third-order valence-electron chi connectivity index (χ3n) is 3.15. The third-order valence-corrected chi connectivity index (χ3v) is 3.15. The summed E-state index contributed by atoms with van der Waals surface area (Å²) in [6, 6.07) is 14.1. The molecule has 2 aromatic carbocycles. The van der Waals surface area contributed by atoms with E-state index in [2.05, 4.69) is 0 Å². The zero-order valence-electron chi connectivity index (χ0n) is 11.5. The van der Waals surface area contributed by atoms with Crippen molar-refractivity contribution in [2.24, 2.45) is 0 Å². The van der Waals surface area contributed by atoms with Gasteiger partial charge in [0.2, 0.25) is 0 Å². The molecule has 106 valence electrons. The highest BCUT2D eigenvalue weighted by Crippen LogP contribution is 2.29. The summed E-state index contributed by atoms with van der Waals surface area (Å²) in [4.78, 5) is 11.9. The minimum absolute atomic E-state index is 0.135. The molecule has 3 rings (SSSR count). The van der Waals surface area contributed by atoms with Crippen LogP contribution in [0.4, 0.5) is 0 Å². The number of rotatable bonds is 3. The largest absolute Gasteiger partial charge is 0.507 e. The van der Waals surface area contributed by atoms with E-state index in [1.165, 1.54) is 12.1 Å². The summed E-state index contributed by atoms with van der Waals surface area (Å²) >= 11 is 0. The maximum Gasteiger partial charge on any atom is 0.196 e. The number of aromatic hydroxyl groups is 1. The number of hydrogen-bond acceptors (Lipinski definition) is 4. The van der Waals surface area contributed by atoms with Crippen LogP contribution in [0.5, 0.6) is 11.5 Å². The number of phenols is 1. The molecule has 0 unspecified atom stereocenters. The molecule has 4 heteroatoms. The quantitative estimate of drug-likeness (QED) is 0.800. The molecular formula is C17H14O4. The van der Waals surface area contributed by atoms with Crippen molar-refractivity contribution in [1.29, 1.82) is 0 Å². The Hall–Kier alpha value is -2.75. The van der Waals surface area contributed by atoms with Crippen LogP contribution < -0.4 is 10.2 Å². The Kier molecular flexibility index (Phi) is 3.36. The molecule has 1 N–H and O–H groups in total. The first kappa shape index (κ1) is 13.2. The standard InChI is InChI=1S/C17H14O4/c1-11-7-14(18)17-15(19)8-13(9-16(17)21-11)20-10-12-5-3-2-4-6-12/h2-9,19H,10H2,1H3. The van der Waals surface area contributed by atoms with Crippen molar-refractivity contribution in [2.75, 3.05) is 0 Å². The van der Waals surface area contributed by atoms with Crippen molar-refractivity contribution in [3.63, 3.8) is 0 Å². The van der Waals surface area contributed by atoms with E-state index in [4.69, 9.17) is 9.15 Å². The number of aryl methyl sites for hydroxylation is 1. The van der Waals surface area contributed by atoms with Gasteiger partial charge in [-0.15, -0.1) is 0 Å². The molecule has 1 heterocycles. The van der Waals surface area contributed by atoms with Crippen LogP contribution in [-0.2, 0) is 6.61 Å². The van der Waals surface area contributed by atoms with Gasteiger partial charge in [0.25, 0.3) is 0 Å². The summed E-state index contributed by atoms with van der Waals surface area (Å²) in [5, 5.41) is 10.2. The normalized spacial score (nSPS) is 10.7. The molecule has 0 aliphatic carbocycles. The van der Waals surface area contributed by atoms with E-state index >= 15 is 0 Å². The fourth-order valence-electron chi connectivity index (χ4n) is 2.19. The average Bonchev–Trinajstić information content (AvgIpc) is 2.45. The summed E-state index contributed by atoms with van der Waals surface area (Å²) in [5.74, 6) is 0.814. The summed E-state index contributed by atoms with van der Waals surface area (Å²) < 4.78 is 11.1. The number of fused-ring (bicyclic) bond motifs is 1. The molecule has 0 spiro atoms. The lowest BCUT2D eigenvalue weighted by molar-refractivity contribution is 0.304. The number of benzene rings is 2. The maximum absolute atomic E-state index is 11.9. The highest BCUT2D eigenvalue weighted by molar-refractivity contribution is 5.84. The van der Waals surface area contributed by atoms with Crippen molar-refractivity contribution in [3.05, 3.63) is 70.1 Å². The van der Waals surface area contributed by atoms with E-state index in [0.29, 0.717) is 23.7 Å². The Morgan fingerprint density at radius 3 is 2.67 bits per heavy atom. The third kappa shape index (κ3) is 2.74. The minimum Gasteiger partial charge on any atom is -0.507 e. The second-order valence-corrected chi connectivity index (χ2v) is 4.81. The molecule has 0 radical (unpaired) electrons.